The van der Waals surface area contributed by atoms with Crippen LogP contribution in [-0.2, 0) is 0 Å². The summed E-state index contributed by atoms with van der Waals surface area (Å²) in [4.78, 5) is 11.2. The predicted molar refractivity (Wildman–Crippen MR) is 72.0 cm³/mol. The average Bonchev–Trinajstić information content (AvgIpc) is 2.42. The number of carboxylic acids is 1. The van der Waals surface area contributed by atoms with Gasteiger partial charge in [0.1, 0.15) is 5.71 Å². The number of nitrogens with zero attached hydrogens (tertiary/aromatic N) is 1. The van der Waals surface area contributed by atoms with Crippen molar-refractivity contribution in [2.45, 2.75) is 6.92 Å². The second-order valence-electron chi connectivity index (χ2n) is 4.17. The van der Waals surface area contributed by atoms with Gasteiger partial charge in [0.2, 0.25) is 0 Å². The number of hydrogen-bond donors (Lipinski definition) is 2. The lowest BCUT2D eigenvalue weighted by molar-refractivity contribution is 0.0696. The fourth-order valence-electron chi connectivity index (χ4n) is 1.85. The molecule has 0 spiro atoms. The summed E-state index contributed by atoms with van der Waals surface area (Å²) in [5, 5.41) is 21.6. The summed E-state index contributed by atoms with van der Waals surface area (Å²) in [5.41, 5.74) is 2.49. The highest BCUT2D eigenvalue weighted by Crippen LogP contribution is 2.16. The molecule has 2 N–H and O–H groups in total. The monoisotopic (exact) mass is 255 g/mol. The third kappa shape index (κ3) is 2.63. The number of oxime groups is 1. The third-order valence-electron chi connectivity index (χ3n) is 2.84. The maximum atomic E-state index is 11.2. The van der Waals surface area contributed by atoms with Crippen molar-refractivity contribution in [2.24, 2.45) is 5.16 Å². The van der Waals surface area contributed by atoms with Crippen molar-refractivity contribution in [1.29, 1.82) is 0 Å². The Morgan fingerprint density at radius 1 is 1.00 bits per heavy atom. The first-order chi connectivity index (χ1) is 9.13. The van der Waals surface area contributed by atoms with Crippen LogP contribution >= 0.6 is 0 Å². The minimum Gasteiger partial charge on any atom is -0.478 e. The van der Waals surface area contributed by atoms with Crippen LogP contribution in [0.4, 0.5) is 0 Å². The lowest BCUT2D eigenvalue weighted by atomic mass is 9.97. The quantitative estimate of drug-likeness (QED) is 0.503. The van der Waals surface area contributed by atoms with Gasteiger partial charge in [-0.15, -0.1) is 0 Å². The van der Waals surface area contributed by atoms with Crippen molar-refractivity contribution in [3.8, 4) is 0 Å². The number of aromatic carboxylic acids is 1. The van der Waals surface area contributed by atoms with Crippen LogP contribution in [0.2, 0.25) is 0 Å². The molecule has 2 rings (SSSR count). The normalized spacial score (nSPS) is 11.3. The molecule has 0 saturated carbocycles. The van der Waals surface area contributed by atoms with Crippen molar-refractivity contribution in [2.75, 3.05) is 0 Å². The molecule has 0 bridgehead atoms. The van der Waals surface area contributed by atoms with Crippen molar-refractivity contribution < 1.29 is 15.1 Å². The first kappa shape index (κ1) is 12.8. The molecule has 0 fully saturated rings. The molecule has 0 saturated heterocycles. The molecule has 2 aromatic rings. The molecule has 19 heavy (non-hydrogen) atoms. The third-order valence-corrected chi connectivity index (χ3v) is 2.84. The number of carbonyl (C=O) groups is 1. The molecular formula is C15H13NO3. The van der Waals surface area contributed by atoms with Crippen molar-refractivity contribution in [1.82, 2.24) is 0 Å². The largest absolute Gasteiger partial charge is 0.478 e. The second kappa shape index (κ2) is 5.35. The van der Waals surface area contributed by atoms with E-state index in [1.54, 1.807) is 30.3 Å². The fourth-order valence-corrected chi connectivity index (χ4v) is 1.85. The van der Waals surface area contributed by atoms with E-state index < -0.39 is 5.97 Å². The molecule has 0 aliphatic rings. The van der Waals surface area contributed by atoms with Gasteiger partial charge in [-0.2, -0.15) is 0 Å². The summed E-state index contributed by atoms with van der Waals surface area (Å²) in [6, 6.07) is 13.8. The van der Waals surface area contributed by atoms with Gasteiger partial charge in [0, 0.05) is 11.1 Å². The van der Waals surface area contributed by atoms with E-state index in [2.05, 4.69) is 5.16 Å². The Labute approximate surface area is 110 Å². The van der Waals surface area contributed by atoms with Crippen LogP contribution in [-0.4, -0.2) is 22.0 Å². The molecule has 4 nitrogen and oxygen atoms in total. The molecule has 0 aromatic heterocycles. The number of rotatable bonds is 3. The first-order valence-electron chi connectivity index (χ1n) is 5.75. The SMILES string of the molecule is Cc1ccc(/C(=N\O)c2ccccc2C(=O)O)cc1. The van der Waals surface area contributed by atoms with Gasteiger partial charge in [0.25, 0.3) is 0 Å². The smallest absolute Gasteiger partial charge is 0.336 e. The first-order valence-corrected chi connectivity index (χ1v) is 5.75. The van der Waals surface area contributed by atoms with Gasteiger partial charge < -0.3 is 10.3 Å². The highest BCUT2D eigenvalue weighted by atomic mass is 16.4. The van der Waals surface area contributed by atoms with Crippen LogP contribution in [0, 0.1) is 6.92 Å². The summed E-state index contributed by atoms with van der Waals surface area (Å²) in [5.74, 6) is -1.05. The van der Waals surface area contributed by atoms with Gasteiger partial charge in [-0.1, -0.05) is 53.2 Å². The molecule has 0 heterocycles. The molecule has 4 heteroatoms. The molecular weight excluding hydrogens is 242 g/mol. The van der Waals surface area contributed by atoms with Crippen LogP contribution in [0.25, 0.3) is 0 Å². The number of benzene rings is 2. The van der Waals surface area contributed by atoms with Crippen LogP contribution in [0.3, 0.4) is 0 Å². The van der Waals surface area contributed by atoms with Crippen LogP contribution in [0.1, 0.15) is 27.0 Å². The van der Waals surface area contributed by atoms with E-state index in [0.717, 1.165) is 5.56 Å². The van der Waals surface area contributed by atoms with Gasteiger partial charge in [0.05, 0.1) is 5.56 Å². The van der Waals surface area contributed by atoms with E-state index in [9.17, 15) is 10.0 Å². The summed E-state index contributed by atoms with van der Waals surface area (Å²) >= 11 is 0. The Kier molecular flexibility index (Phi) is 3.61. The highest BCUT2D eigenvalue weighted by Gasteiger charge is 2.16. The zero-order valence-corrected chi connectivity index (χ0v) is 10.4. The van der Waals surface area contributed by atoms with Crippen LogP contribution in [0.15, 0.2) is 53.7 Å². The molecule has 96 valence electrons. The van der Waals surface area contributed by atoms with Gasteiger partial charge in [-0.05, 0) is 13.0 Å². The number of hydrogen-bond acceptors (Lipinski definition) is 3. The lowest BCUT2D eigenvalue weighted by Gasteiger charge is -2.08. The van der Waals surface area contributed by atoms with Crippen molar-refractivity contribution in [3.05, 3.63) is 70.8 Å². The molecule has 0 aliphatic carbocycles. The van der Waals surface area contributed by atoms with E-state index in [0.29, 0.717) is 11.1 Å². The summed E-state index contributed by atoms with van der Waals surface area (Å²) in [6.45, 7) is 1.95. The number of aryl methyl sites for hydroxylation is 1. The summed E-state index contributed by atoms with van der Waals surface area (Å²) in [6.07, 6.45) is 0. The Morgan fingerprint density at radius 3 is 2.11 bits per heavy atom. The van der Waals surface area contributed by atoms with Crippen molar-refractivity contribution >= 4 is 11.7 Å². The maximum Gasteiger partial charge on any atom is 0.336 e. The van der Waals surface area contributed by atoms with Gasteiger partial charge in [-0.25, -0.2) is 4.79 Å². The number of carboxylic acid groups (broad SMARTS) is 1. The van der Waals surface area contributed by atoms with E-state index in [1.165, 1.54) is 6.07 Å². The minimum absolute atomic E-state index is 0.107. The average molecular weight is 255 g/mol. The summed E-state index contributed by atoms with van der Waals surface area (Å²) < 4.78 is 0. The molecule has 0 amide bonds. The standard InChI is InChI=1S/C15H13NO3/c1-10-6-8-11(9-7-10)14(16-19)12-4-2-3-5-13(12)15(17)18/h2-9,19H,1H3,(H,17,18)/b16-14+. The predicted octanol–water partition coefficient (Wildman–Crippen LogP) is 2.92. The van der Waals surface area contributed by atoms with E-state index in [4.69, 9.17) is 5.11 Å². The Balaban J connectivity index is 2.55. The van der Waals surface area contributed by atoms with E-state index in [-0.39, 0.29) is 11.3 Å². The minimum atomic E-state index is -1.05. The van der Waals surface area contributed by atoms with Gasteiger partial charge in [-0.3, -0.25) is 0 Å². The highest BCUT2D eigenvalue weighted by molar-refractivity contribution is 6.17. The molecule has 0 atom stereocenters. The summed E-state index contributed by atoms with van der Waals surface area (Å²) in [7, 11) is 0. The Bertz CT molecular complexity index is 630. The van der Waals surface area contributed by atoms with Crippen molar-refractivity contribution in [3.63, 3.8) is 0 Å². The molecule has 0 radical (unpaired) electrons. The van der Waals surface area contributed by atoms with Crippen LogP contribution < -0.4 is 0 Å². The second-order valence-corrected chi connectivity index (χ2v) is 4.17. The lowest BCUT2D eigenvalue weighted by Crippen LogP contribution is -2.10. The van der Waals surface area contributed by atoms with Crippen LogP contribution in [0.5, 0.6) is 0 Å². The fraction of sp³-hybridized carbons (Fsp3) is 0.0667. The molecule has 0 unspecified atom stereocenters. The van der Waals surface area contributed by atoms with Gasteiger partial charge >= 0.3 is 5.97 Å². The molecule has 2 aromatic carbocycles. The Hall–Kier alpha value is -2.62. The topological polar surface area (TPSA) is 69.9 Å². The van der Waals surface area contributed by atoms with E-state index >= 15 is 0 Å². The van der Waals surface area contributed by atoms with Gasteiger partial charge in [0.15, 0.2) is 0 Å². The molecule has 0 aliphatic heterocycles. The Morgan fingerprint density at radius 2 is 1.58 bits per heavy atom. The zero-order valence-electron chi connectivity index (χ0n) is 10.4. The van der Waals surface area contributed by atoms with E-state index in [1.807, 2.05) is 19.1 Å². The zero-order chi connectivity index (χ0) is 13.8. The maximum absolute atomic E-state index is 11.2.